The van der Waals surface area contributed by atoms with Gasteiger partial charge in [-0.15, -0.1) is 0 Å². The molecule has 0 aromatic heterocycles. The summed E-state index contributed by atoms with van der Waals surface area (Å²) in [7, 11) is 0. The average molecular weight is 268 g/mol. The van der Waals surface area contributed by atoms with Crippen molar-refractivity contribution < 1.29 is 9.53 Å². The highest BCUT2D eigenvalue weighted by molar-refractivity contribution is 5.86. The van der Waals surface area contributed by atoms with Crippen LogP contribution >= 0.6 is 0 Å². The van der Waals surface area contributed by atoms with Crippen LogP contribution in [0, 0.1) is 5.92 Å². The zero-order valence-electron chi connectivity index (χ0n) is 12.5. The number of carbonyl (C=O) groups is 1. The fourth-order valence-corrected chi connectivity index (χ4v) is 3.50. The first kappa shape index (κ1) is 14.8. The number of nitrogens with two attached hydrogens (primary N) is 1. The van der Waals surface area contributed by atoms with Crippen LogP contribution in [-0.2, 0) is 9.53 Å². The predicted octanol–water partition coefficient (Wildman–Crippen LogP) is 1.92. The topological polar surface area (TPSA) is 55.6 Å². The van der Waals surface area contributed by atoms with Gasteiger partial charge in [-0.1, -0.05) is 26.7 Å². The number of amides is 1. The Morgan fingerprint density at radius 1 is 1.47 bits per heavy atom. The van der Waals surface area contributed by atoms with Crippen LogP contribution in [0.1, 0.15) is 52.9 Å². The third-order valence-corrected chi connectivity index (χ3v) is 4.66. The van der Waals surface area contributed by atoms with Gasteiger partial charge >= 0.3 is 0 Å². The number of carbonyl (C=O) groups excluding carboxylic acids is 1. The quantitative estimate of drug-likeness (QED) is 0.832. The highest BCUT2D eigenvalue weighted by Gasteiger charge is 2.43. The second kappa shape index (κ2) is 5.80. The molecule has 0 spiro atoms. The minimum absolute atomic E-state index is 0.122. The lowest BCUT2D eigenvalue weighted by molar-refractivity contribution is -0.152. The van der Waals surface area contributed by atoms with E-state index < -0.39 is 5.54 Å². The van der Waals surface area contributed by atoms with Crippen molar-refractivity contribution in [2.75, 3.05) is 13.2 Å². The van der Waals surface area contributed by atoms with Gasteiger partial charge in [0, 0.05) is 6.54 Å². The molecule has 1 aliphatic carbocycles. The molecule has 4 nitrogen and oxygen atoms in total. The van der Waals surface area contributed by atoms with E-state index in [0.29, 0.717) is 19.1 Å². The first-order valence-electron chi connectivity index (χ1n) is 7.68. The van der Waals surface area contributed by atoms with Crippen LogP contribution in [0.2, 0.25) is 0 Å². The SMILES string of the molecule is CCC1COC(C)CN1C(=O)C1(N)CCCC(C)C1. The van der Waals surface area contributed by atoms with E-state index in [-0.39, 0.29) is 18.1 Å². The molecule has 0 aromatic rings. The molecule has 2 N–H and O–H groups in total. The van der Waals surface area contributed by atoms with Crippen molar-refractivity contribution in [2.24, 2.45) is 11.7 Å². The molecule has 4 atom stereocenters. The van der Waals surface area contributed by atoms with Gasteiger partial charge < -0.3 is 15.4 Å². The van der Waals surface area contributed by atoms with Gasteiger partial charge in [0.15, 0.2) is 0 Å². The van der Waals surface area contributed by atoms with E-state index >= 15 is 0 Å². The molecule has 0 radical (unpaired) electrons. The second-order valence-electron chi connectivity index (χ2n) is 6.52. The Kier molecular flexibility index (Phi) is 4.51. The van der Waals surface area contributed by atoms with Crippen LogP contribution in [0.3, 0.4) is 0 Å². The van der Waals surface area contributed by atoms with E-state index in [4.69, 9.17) is 10.5 Å². The molecule has 1 saturated heterocycles. The minimum atomic E-state index is -0.637. The molecule has 4 unspecified atom stereocenters. The summed E-state index contributed by atoms with van der Waals surface area (Å²) in [5.74, 6) is 0.710. The lowest BCUT2D eigenvalue weighted by Gasteiger charge is -2.45. The number of morpholine rings is 1. The Morgan fingerprint density at radius 3 is 2.84 bits per heavy atom. The van der Waals surface area contributed by atoms with Crippen molar-refractivity contribution in [1.82, 2.24) is 4.90 Å². The zero-order valence-corrected chi connectivity index (χ0v) is 12.5. The van der Waals surface area contributed by atoms with Gasteiger partial charge in [-0.2, -0.15) is 0 Å². The summed E-state index contributed by atoms with van der Waals surface area (Å²) in [6, 6.07) is 0.196. The molecular formula is C15H28N2O2. The maximum absolute atomic E-state index is 12.9. The van der Waals surface area contributed by atoms with Crippen molar-refractivity contribution in [3.8, 4) is 0 Å². The lowest BCUT2D eigenvalue weighted by atomic mass is 9.76. The van der Waals surface area contributed by atoms with Gasteiger partial charge in [0.25, 0.3) is 0 Å². The molecule has 2 rings (SSSR count). The Balaban J connectivity index is 2.11. The Morgan fingerprint density at radius 2 is 2.21 bits per heavy atom. The molecule has 4 heteroatoms. The van der Waals surface area contributed by atoms with Crippen molar-refractivity contribution in [3.05, 3.63) is 0 Å². The molecular weight excluding hydrogens is 240 g/mol. The predicted molar refractivity (Wildman–Crippen MR) is 75.8 cm³/mol. The monoisotopic (exact) mass is 268 g/mol. The largest absolute Gasteiger partial charge is 0.375 e. The summed E-state index contributed by atoms with van der Waals surface area (Å²) in [6.45, 7) is 7.67. The van der Waals surface area contributed by atoms with Crippen LogP contribution in [-0.4, -0.2) is 41.6 Å². The summed E-state index contributed by atoms with van der Waals surface area (Å²) in [5.41, 5.74) is 5.82. The van der Waals surface area contributed by atoms with Gasteiger partial charge in [0.1, 0.15) is 0 Å². The molecule has 1 amide bonds. The van der Waals surface area contributed by atoms with E-state index in [1.54, 1.807) is 0 Å². The maximum Gasteiger partial charge on any atom is 0.243 e. The molecule has 19 heavy (non-hydrogen) atoms. The first-order valence-corrected chi connectivity index (χ1v) is 7.68. The summed E-state index contributed by atoms with van der Waals surface area (Å²) >= 11 is 0. The van der Waals surface area contributed by atoms with E-state index in [1.165, 1.54) is 6.42 Å². The summed E-state index contributed by atoms with van der Waals surface area (Å²) in [6.07, 6.45) is 4.98. The van der Waals surface area contributed by atoms with Crippen molar-refractivity contribution >= 4 is 5.91 Å². The molecule has 0 bridgehead atoms. The smallest absolute Gasteiger partial charge is 0.243 e. The summed E-state index contributed by atoms with van der Waals surface area (Å²) in [4.78, 5) is 14.9. The molecule has 2 fully saturated rings. The third kappa shape index (κ3) is 3.11. The molecule has 1 saturated carbocycles. The Hall–Kier alpha value is -0.610. The lowest BCUT2D eigenvalue weighted by Crippen LogP contribution is -2.62. The number of nitrogens with zero attached hydrogens (tertiary/aromatic N) is 1. The molecule has 1 aliphatic heterocycles. The van der Waals surface area contributed by atoms with E-state index in [1.807, 2.05) is 11.8 Å². The van der Waals surface area contributed by atoms with Gasteiger partial charge in [-0.25, -0.2) is 0 Å². The minimum Gasteiger partial charge on any atom is -0.375 e. The van der Waals surface area contributed by atoms with Crippen molar-refractivity contribution in [2.45, 2.75) is 70.6 Å². The number of ether oxygens (including phenoxy) is 1. The summed E-state index contributed by atoms with van der Waals surface area (Å²) < 4.78 is 5.67. The fraction of sp³-hybridized carbons (Fsp3) is 0.933. The molecule has 0 aromatic carbocycles. The van der Waals surface area contributed by atoms with E-state index in [0.717, 1.165) is 25.7 Å². The zero-order chi connectivity index (χ0) is 14.0. The van der Waals surface area contributed by atoms with Crippen molar-refractivity contribution in [3.63, 3.8) is 0 Å². The highest BCUT2D eigenvalue weighted by atomic mass is 16.5. The maximum atomic E-state index is 12.9. The van der Waals surface area contributed by atoms with Crippen LogP contribution < -0.4 is 5.73 Å². The van der Waals surface area contributed by atoms with Gasteiger partial charge in [-0.05, 0) is 32.1 Å². The van der Waals surface area contributed by atoms with Gasteiger partial charge in [0.05, 0.1) is 24.3 Å². The Labute approximate surface area is 116 Å². The van der Waals surface area contributed by atoms with Crippen molar-refractivity contribution in [1.29, 1.82) is 0 Å². The van der Waals surface area contributed by atoms with E-state index in [9.17, 15) is 4.79 Å². The molecule has 1 heterocycles. The van der Waals surface area contributed by atoms with Crippen LogP contribution in [0.5, 0.6) is 0 Å². The third-order valence-electron chi connectivity index (χ3n) is 4.66. The Bertz CT molecular complexity index is 334. The van der Waals surface area contributed by atoms with Crippen LogP contribution in [0.15, 0.2) is 0 Å². The average Bonchev–Trinajstić information content (AvgIpc) is 2.37. The fourth-order valence-electron chi connectivity index (χ4n) is 3.50. The first-order chi connectivity index (χ1) is 8.96. The summed E-state index contributed by atoms with van der Waals surface area (Å²) in [5, 5.41) is 0. The number of rotatable bonds is 2. The molecule has 110 valence electrons. The number of hydrogen-bond acceptors (Lipinski definition) is 3. The highest BCUT2D eigenvalue weighted by Crippen LogP contribution is 2.33. The molecule has 2 aliphatic rings. The van der Waals surface area contributed by atoms with E-state index in [2.05, 4.69) is 13.8 Å². The normalized spacial score (nSPS) is 40.2. The number of hydrogen-bond donors (Lipinski definition) is 1. The van der Waals surface area contributed by atoms with Crippen LogP contribution in [0.4, 0.5) is 0 Å². The standard InChI is InChI=1S/C15H28N2O2/c1-4-13-10-19-12(3)9-17(13)14(18)15(16)7-5-6-11(2)8-15/h11-13H,4-10,16H2,1-3H3. The van der Waals surface area contributed by atoms with Gasteiger partial charge in [0.2, 0.25) is 5.91 Å². The second-order valence-corrected chi connectivity index (χ2v) is 6.52. The van der Waals surface area contributed by atoms with Gasteiger partial charge in [-0.3, -0.25) is 4.79 Å². The van der Waals surface area contributed by atoms with Crippen LogP contribution in [0.25, 0.3) is 0 Å².